The van der Waals surface area contributed by atoms with Crippen molar-refractivity contribution in [1.82, 2.24) is 9.78 Å². The Bertz CT molecular complexity index is 615. The van der Waals surface area contributed by atoms with Crippen molar-refractivity contribution in [3.05, 3.63) is 41.2 Å². The Kier molecular flexibility index (Phi) is 3.69. The summed E-state index contributed by atoms with van der Waals surface area (Å²) < 4.78 is 1.71. The van der Waals surface area contributed by atoms with E-state index in [0.29, 0.717) is 6.54 Å². The molecule has 4 heteroatoms. The van der Waals surface area contributed by atoms with Crippen molar-refractivity contribution < 1.29 is 9.90 Å². The highest BCUT2D eigenvalue weighted by Gasteiger charge is 2.10. The molecule has 0 amide bonds. The van der Waals surface area contributed by atoms with Gasteiger partial charge in [0.2, 0.25) is 0 Å². The Hall–Kier alpha value is -2.10. The Morgan fingerprint density at radius 2 is 2.00 bits per heavy atom. The summed E-state index contributed by atoms with van der Waals surface area (Å²) >= 11 is 0. The summed E-state index contributed by atoms with van der Waals surface area (Å²) in [5.41, 5.74) is 5.60. The van der Waals surface area contributed by atoms with Gasteiger partial charge in [0.05, 0.1) is 18.7 Å². The molecule has 0 atom stereocenters. The molecule has 0 aliphatic carbocycles. The molecule has 0 aliphatic rings. The van der Waals surface area contributed by atoms with Gasteiger partial charge in [0.15, 0.2) is 0 Å². The summed E-state index contributed by atoms with van der Waals surface area (Å²) in [6, 6.07) is 6.32. The molecule has 0 radical (unpaired) electrons. The highest BCUT2D eigenvalue weighted by molar-refractivity contribution is 5.69. The second-order valence-corrected chi connectivity index (χ2v) is 4.85. The first kappa shape index (κ1) is 13.3. The van der Waals surface area contributed by atoms with Crippen LogP contribution >= 0.6 is 0 Å². The number of carboxylic acids is 1. The van der Waals surface area contributed by atoms with Gasteiger partial charge < -0.3 is 5.11 Å². The largest absolute Gasteiger partial charge is 0.481 e. The van der Waals surface area contributed by atoms with Gasteiger partial charge in [-0.05, 0) is 31.9 Å². The number of carboxylic acid groups (broad SMARTS) is 1. The summed E-state index contributed by atoms with van der Waals surface area (Å²) in [5.74, 6) is -0.804. The van der Waals surface area contributed by atoms with Crippen LogP contribution in [0.4, 0.5) is 0 Å². The monoisotopic (exact) mass is 258 g/mol. The molecule has 0 saturated heterocycles. The first-order chi connectivity index (χ1) is 8.97. The number of aromatic nitrogens is 2. The minimum atomic E-state index is -0.804. The number of rotatable bonds is 4. The lowest BCUT2D eigenvalue weighted by molar-refractivity contribution is -0.137. The van der Waals surface area contributed by atoms with Crippen molar-refractivity contribution in [1.29, 1.82) is 0 Å². The maximum absolute atomic E-state index is 10.6. The van der Waals surface area contributed by atoms with Crippen LogP contribution in [0.25, 0.3) is 11.1 Å². The van der Waals surface area contributed by atoms with Gasteiger partial charge in [-0.25, -0.2) is 0 Å². The van der Waals surface area contributed by atoms with E-state index in [1.165, 1.54) is 11.1 Å². The lowest BCUT2D eigenvalue weighted by Gasteiger charge is -2.05. The normalized spacial score (nSPS) is 10.7. The van der Waals surface area contributed by atoms with Crippen LogP contribution in [0.1, 0.15) is 23.2 Å². The van der Waals surface area contributed by atoms with E-state index in [9.17, 15) is 4.79 Å². The van der Waals surface area contributed by atoms with E-state index in [1.54, 1.807) is 4.68 Å². The molecule has 1 aromatic carbocycles. The molecule has 0 spiro atoms. The number of hydrogen-bond donors (Lipinski definition) is 1. The molecule has 2 rings (SSSR count). The lowest BCUT2D eigenvalue weighted by atomic mass is 9.99. The molecule has 1 heterocycles. The van der Waals surface area contributed by atoms with Crippen molar-refractivity contribution in [2.24, 2.45) is 0 Å². The van der Waals surface area contributed by atoms with Crippen LogP contribution < -0.4 is 0 Å². The molecule has 0 unspecified atom stereocenters. The van der Waals surface area contributed by atoms with Gasteiger partial charge in [-0.3, -0.25) is 9.48 Å². The van der Waals surface area contributed by atoms with E-state index in [2.05, 4.69) is 37.1 Å². The standard InChI is InChI=1S/C15H18N2O2/c1-10-4-5-13(11(2)8-10)14-9-17(16-12(14)3)7-6-15(18)19/h4-5,8-9H,6-7H2,1-3H3,(H,18,19). The van der Waals surface area contributed by atoms with Crippen LogP contribution in [0, 0.1) is 20.8 Å². The fraction of sp³-hybridized carbons (Fsp3) is 0.333. The SMILES string of the molecule is Cc1ccc(-c2cn(CCC(=O)O)nc2C)c(C)c1. The topological polar surface area (TPSA) is 55.1 Å². The van der Waals surface area contributed by atoms with Crippen LogP contribution in [0.3, 0.4) is 0 Å². The minimum absolute atomic E-state index is 0.0907. The van der Waals surface area contributed by atoms with Crippen molar-refractivity contribution in [3.8, 4) is 11.1 Å². The van der Waals surface area contributed by atoms with Crippen molar-refractivity contribution in [2.45, 2.75) is 33.7 Å². The fourth-order valence-electron chi connectivity index (χ4n) is 2.22. The van der Waals surface area contributed by atoms with E-state index in [1.807, 2.05) is 13.1 Å². The zero-order chi connectivity index (χ0) is 14.0. The molecule has 0 aliphatic heterocycles. The van der Waals surface area contributed by atoms with E-state index in [-0.39, 0.29) is 6.42 Å². The van der Waals surface area contributed by atoms with Gasteiger partial charge in [0.25, 0.3) is 0 Å². The molecule has 0 bridgehead atoms. The number of aliphatic carboxylic acids is 1. The fourth-order valence-corrected chi connectivity index (χ4v) is 2.22. The Morgan fingerprint density at radius 1 is 1.26 bits per heavy atom. The molecule has 1 N–H and O–H groups in total. The predicted octanol–water partition coefficient (Wildman–Crippen LogP) is 2.95. The second kappa shape index (κ2) is 5.26. The smallest absolute Gasteiger partial charge is 0.305 e. The Balaban J connectivity index is 2.32. The molecular formula is C15H18N2O2. The predicted molar refractivity (Wildman–Crippen MR) is 74.1 cm³/mol. The number of carbonyl (C=O) groups is 1. The average Bonchev–Trinajstić information content (AvgIpc) is 2.68. The van der Waals surface area contributed by atoms with Gasteiger partial charge in [-0.1, -0.05) is 23.8 Å². The maximum Gasteiger partial charge on any atom is 0.305 e. The quantitative estimate of drug-likeness (QED) is 0.917. The highest BCUT2D eigenvalue weighted by Crippen LogP contribution is 2.26. The third kappa shape index (κ3) is 3.02. The molecule has 19 heavy (non-hydrogen) atoms. The van der Waals surface area contributed by atoms with E-state index in [4.69, 9.17) is 5.11 Å². The Morgan fingerprint density at radius 3 is 2.63 bits per heavy atom. The summed E-state index contributed by atoms with van der Waals surface area (Å²) in [7, 11) is 0. The van der Waals surface area contributed by atoms with Crippen LogP contribution in [-0.4, -0.2) is 20.9 Å². The minimum Gasteiger partial charge on any atom is -0.481 e. The summed E-state index contributed by atoms with van der Waals surface area (Å²) in [4.78, 5) is 10.6. The third-order valence-electron chi connectivity index (χ3n) is 3.17. The van der Waals surface area contributed by atoms with Gasteiger partial charge in [0, 0.05) is 11.8 Å². The van der Waals surface area contributed by atoms with Crippen molar-refractivity contribution >= 4 is 5.97 Å². The van der Waals surface area contributed by atoms with Gasteiger partial charge >= 0.3 is 5.97 Å². The molecule has 4 nitrogen and oxygen atoms in total. The zero-order valence-corrected chi connectivity index (χ0v) is 11.5. The van der Waals surface area contributed by atoms with Gasteiger partial charge in [-0.2, -0.15) is 5.10 Å². The number of nitrogens with zero attached hydrogens (tertiary/aromatic N) is 2. The molecular weight excluding hydrogens is 240 g/mol. The summed E-state index contributed by atoms with van der Waals surface area (Å²) in [5, 5.41) is 13.1. The number of benzene rings is 1. The van der Waals surface area contributed by atoms with Crippen LogP contribution in [-0.2, 0) is 11.3 Å². The summed E-state index contributed by atoms with van der Waals surface area (Å²) in [6.07, 6.45) is 2.02. The van der Waals surface area contributed by atoms with E-state index in [0.717, 1.165) is 16.8 Å². The molecule has 1 aromatic heterocycles. The second-order valence-electron chi connectivity index (χ2n) is 4.85. The first-order valence-electron chi connectivity index (χ1n) is 6.31. The maximum atomic E-state index is 10.6. The van der Waals surface area contributed by atoms with Gasteiger partial charge in [-0.15, -0.1) is 0 Å². The van der Waals surface area contributed by atoms with Crippen LogP contribution in [0.15, 0.2) is 24.4 Å². The Labute approximate surface area is 112 Å². The number of aryl methyl sites for hydroxylation is 4. The van der Waals surface area contributed by atoms with Crippen LogP contribution in [0.5, 0.6) is 0 Å². The number of hydrogen-bond acceptors (Lipinski definition) is 2. The van der Waals surface area contributed by atoms with E-state index >= 15 is 0 Å². The molecule has 0 saturated carbocycles. The molecule has 0 fully saturated rings. The van der Waals surface area contributed by atoms with Crippen molar-refractivity contribution in [2.75, 3.05) is 0 Å². The lowest BCUT2D eigenvalue weighted by Crippen LogP contribution is -2.04. The van der Waals surface area contributed by atoms with Crippen molar-refractivity contribution in [3.63, 3.8) is 0 Å². The van der Waals surface area contributed by atoms with Gasteiger partial charge in [0.1, 0.15) is 0 Å². The van der Waals surface area contributed by atoms with E-state index < -0.39 is 5.97 Å². The molecule has 100 valence electrons. The highest BCUT2D eigenvalue weighted by atomic mass is 16.4. The zero-order valence-electron chi connectivity index (χ0n) is 11.5. The third-order valence-corrected chi connectivity index (χ3v) is 3.17. The first-order valence-corrected chi connectivity index (χ1v) is 6.31. The van der Waals surface area contributed by atoms with Crippen LogP contribution in [0.2, 0.25) is 0 Å². The molecule has 2 aromatic rings. The average molecular weight is 258 g/mol. The summed E-state index contributed by atoms with van der Waals surface area (Å²) in [6.45, 7) is 6.50.